The Bertz CT molecular complexity index is 950. The Kier molecular flexibility index (Phi) is 5.53. The normalized spacial score (nSPS) is 30.5. The maximum Gasteiger partial charge on any atom is 0.226 e. The predicted octanol–water partition coefficient (Wildman–Crippen LogP) is 4.91. The van der Waals surface area contributed by atoms with Gasteiger partial charge in [0.1, 0.15) is 5.75 Å². The topological polar surface area (TPSA) is 41.6 Å². The molecule has 0 radical (unpaired) electrons. The molecule has 2 aromatic rings. The van der Waals surface area contributed by atoms with E-state index in [9.17, 15) is 4.79 Å². The van der Waals surface area contributed by atoms with Gasteiger partial charge in [0.05, 0.1) is 12.5 Å². The summed E-state index contributed by atoms with van der Waals surface area (Å²) < 4.78 is 5.38. The molecule has 1 N–H and O–H groups in total. The Morgan fingerprint density at radius 2 is 1.59 bits per heavy atom. The first-order valence-electron chi connectivity index (χ1n) is 12.1. The molecule has 4 nitrogen and oxygen atoms in total. The van der Waals surface area contributed by atoms with Crippen molar-refractivity contribution in [2.45, 2.75) is 57.0 Å². The first kappa shape index (κ1) is 21.5. The second-order valence-electron chi connectivity index (χ2n) is 11.0. The molecule has 2 aromatic carbocycles. The predicted molar refractivity (Wildman–Crippen MR) is 127 cm³/mol. The average molecular weight is 433 g/mol. The Morgan fingerprint density at radius 1 is 0.969 bits per heavy atom. The van der Waals surface area contributed by atoms with Gasteiger partial charge in [-0.1, -0.05) is 36.4 Å². The first-order chi connectivity index (χ1) is 15.4. The van der Waals surface area contributed by atoms with Gasteiger partial charge >= 0.3 is 0 Å². The number of hydrogen-bond acceptors (Lipinski definition) is 3. The minimum Gasteiger partial charge on any atom is -0.497 e. The molecule has 6 rings (SSSR count). The van der Waals surface area contributed by atoms with Crippen molar-refractivity contribution in [2.75, 3.05) is 21.2 Å². The third-order valence-corrected chi connectivity index (χ3v) is 8.22. The van der Waals surface area contributed by atoms with Gasteiger partial charge in [-0.2, -0.15) is 0 Å². The van der Waals surface area contributed by atoms with Crippen LogP contribution in [0, 0.1) is 17.3 Å². The summed E-state index contributed by atoms with van der Waals surface area (Å²) >= 11 is 0. The summed E-state index contributed by atoms with van der Waals surface area (Å²) in [5, 5.41) is 3.33. The molecule has 0 aliphatic heterocycles. The van der Waals surface area contributed by atoms with E-state index in [1.165, 1.54) is 36.0 Å². The molecule has 0 heterocycles. The monoisotopic (exact) mass is 432 g/mol. The van der Waals surface area contributed by atoms with Crippen molar-refractivity contribution in [1.82, 2.24) is 10.2 Å². The molecule has 1 amide bonds. The van der Waals surface area contributed by atoms with Gasteiger partial charge in [0.15, 0.2) is 0 Å². The van der Waals surface area contributed by atoms with E-state index in [0.29, 0.717) is 18.4 Å². The SMILES string of the molecule is COc1ccc(C23CC4CC(CC(C(=O)NCc5ccc(CN(C)C)cc5)(C4)C2)C3)cc1. The molecule has 0 aromatic heterocycles. The van der Waals surface area contributed by atoms with Crippen LogP contribution in [0.5, 0.6) is 5.75 Å². The van der Waals surface area contributed by atoms with Gasteiger partial charge < -0.3 is 15.0 Å². The lowest BCUT2D eigenvalue weighted by atomic mass is 9.42. The summed E-state index contributed by atoms with van der Waals surface area (Å²) in [4.78, 5) is 15.8. The third-order valence-electron chi connectivity index (χ3n) is 8.22. The first-order valence-corrected chi connectivity index (χ1v) is 12.1. The van der Waals surface area contributed by atoms with Gasteiger partial charge in [0.25, 0.3) is 0 Å². The maximum atomic E-state index is 13.6. The number of carbonyl (C=O) groups is 1. The van der Waals surface area contributed by atoms with Crippen LogP contribution < -0.4 is 10.1 Å². The highest BCUT2D eigenvalue weighted by atomic mass is 16.5. The molecule has 170 valence electrons. The highest BCUT2D eigenvalue weighted by Crippen LogP contribution is 2.65. The van der Waals surface area contributed by atoms with Crippen molar-refractivity contribution in [2.24, 2.45) is 17.3 Å². The Labute approximate surface area is 192 Å². The zero-order valence-corrected chi connectivity index (χ0v) is 19.7. The smallest absolute Gasteiger partial charge is 0.226 e. The summed E-state index contributed by atoms with van der Waals surface area (Å²) in [6, 6.07) is 17.3. The fourth-order valence-electron chi connectivity index (χ4n) is 7.31. The van der Waals surface area contributed by atoms with Crippen LogP contribution in [0.25, 0.3) is 0 Å². The van der Waals surface area contributed by atoms with Crippen LogP contribution in [0.2, 0.25) is 0 Å². The van der Waals surface area contributed by atoms with Crippen LogP contribution in [0.3, 0.4) is 0 Å². The molecule has 32 heavy (non-hydrogen) atoms. The van der Waals surface area contributed by atoms with E-state index >= 15 is 0 Å². The van der Waals surface area contributed by atoms with E-state index in [0.717, 1.165) is 31.6 Å². The number of carbonyl (C=O) groups excluding carboxylic acids is 1. The molecule has 4 saturated carbocycles. The van der Waals surface area contributed by atoms with Gasteiger partial charge in [-0.25, -0.2) is 0 Å². The molecular weight excluding hydrogens is 396 g/mol. The van der Waals surface area contributed by atoms with Gasteiger partial charge in [0.2, 0.25) is 5.91 Å². The lowest BCUT2D eigenvalue weighted by molar-refractivity contribution is -0.149. The molecule has 4 fully saturated rings. The van der Waals surface area contributed by atoms with Crippen molar-refractivity contribution in [3.05, 3.63) is 65.2 Å². The molecule has 4 aliphatic rings. The molecule has 0 saturated heterocycles. The van der Waals surface area contributed by atoms with Crippen molar-refractivity contribution in [3.63, 3.8) is 0 Å². The van der Waals surface area contributed by atoms with E-state index in [-0.39, 0.29) is 16.7 Å². The summed E-state index contributed by atoms with van der Waals surface area (Å²) in [5.74, 6) is 2.54. The quantitative estimate of drug-likeness (QED) is 0.676. The van der Waals surface area contributed by atoms with Gasteiger partial charge in [0, 0.05) is 13.1 Å². The van der Waals surface area contributed by atoms with E-state index in [4.69, 9.17) is 4.74 Å². The number of ether oxygens (including phenoxy) is 1. The van der Waals surface area contributed by atoms with Gasteiger partial charge in [-0.05, 0) is 98.7 Å². The van der Waals surface area contributed by atoms with Crippen LogP contribution in [-0.4, -0.2) is 32.0 Å². The zero-order chi connectivity index (χ0) is 22.3. The van der Waals surface area contributed by atoms with Crippen LogP contribution in [-0.2, 0) is 23.3 Å². The summed E-state index contributed by atoms with van der Waals surface area (Å²) in [7, 11) is 5.88. The van der Waals surface area contributed by atoms with E-state index < -0.39 is 0 Å². The third kappa shape index (κ3) is 3.94. The number of methoxy groups -OCH3 is 1. The van der Waals surface area contributed by atoms with Gasteiger partial charge in [-0.3, -0.25) is 4.79 Å². The molecule has 4 aliphatic carbocycles. The van der Waals surface area contributed by atoms with Crippen LogP contribution in [0.1, 0.15) is 55.2 Å². The Hall–Kier alpha value is -2.33. The maximum absolute atomic E-state index is 13.6. The minimum atomic E-state index is -0.200. The summed E-state index contributed by atoms with van der Waals surface area (Å²) in [6.45, 7) is 1.56. The number of amides is 1. The number of nitrogens with one attached hydrogen (secondary N) is 1. The average Bonchev–Trinajstić information content (AvgIpc) is 2.77. The molecule has 2 atom stereocenters. The van der Waals surface area contributed by atoms with Gasteiger partial charge in [-0.15, -0.1) is 0 Å². The van der Waals surface area contributed by atoms with Crippen LogP contribution in [0.15, 0.2) is 48.5 Å². The van der Waals surface area contributed by atoms with Crippen molar-refractivity contribution in [3.8, 4) is 5.75 Å². The fourth-order valence-corrected chi connectivity index (χ4v) is 7.31. The van der Waals surface area contributed by atoms with Crippen LogP contribution >= 0.6 is 0 Å². The second kappa shape index (κ2) is 8.22. The van der Waals surface area contributed by atoms with Crippen LogP contribution in [0.4, 0.5) is 0 Å². The fraction of sp³-hybridized carbons (Fsp3) is 0.536. The van der Waals surface area contributed by atoms with Crippen molar-refractivity contribution < 1.29 is 9.53 Å². The number of hydrogen-bond donors (Lipinski definition) is 1. The summed E-state index contributed by atoms with van der Waals surface area (Å²) in [5.41, 5.74) is 3.83. The molecule has 4 bridgehead atoms. The molecule has 2 unspecified atom stereocenters. The number of rotatable bonds is 7. The van der Waals surface area contributed by atoms with Crippen molar-refractivity contribution >= 4 is 5.91 Å². The summed E-state index contributed by atoms with van der Waals surface area (Å²) in [6.07, 6.45) is 6.90. The van der Waals surface area contributed by atoms with E-state index in [2.05, 4.69) is 72.8 Å². The Balaban J connectivity index is 1.31. The second-order valence-corrected chi connectivity index (χ2v) is 11.0. The minimum absolute atomic E-state index is 0.154. The van der Waals surface area contributed by atoms with E-state index in [1.807, 2.05) is 0 Å². The molecular formula is C28H36N2O2. The zero-order valence-electron chi connectivity index (χ0n) is 19.7. The highest BCUT2D eigenvalue weighted by molar-refractivity contribution is 5.83. The van der Waals surface area contributed by atoms with E-state index in [1.54, 1.807) is 7.11 Å². The molecule has 0 spiro atoms. The Morgan fingerprint density at radius 3 is 2.19 bits per heavy atom. The standard InChI is InChI=1S/C28H36N2O2/c1-30(2)18-21-6-4-20(5-7-21)17-29-26(31)28-15-22-12-23(16-28)14-27(13-22,19-28)24-8-10-25(32-3)11-9-24/h4-11,22-23H,12-19H2,1-3H3,(H,29,31). The number of benzene rings is 2. The number of nitrogens with zero attached hydrogens (tertiary/aromatic N) is 1. The van der Waals surface area contributed by atoms with Crippen molar-refractivity contribution in [1.29, 1.82) is 0 Å². The lowest BCUT2D eigenvalue weighted by Crippen LogP contribution is -2.59. The largest absolute Gasteiger partial charge is 0.497 e. The highest BCUT2D eigenvalue weighted by Gasteiger charge is 2.60. The lowest BCUT2D eigenvalue weighted by Gasteiger charge is -2.61. The molecule has 4 heteroatoms.